The molecule has 27 heavy (non-hydrogen) atoms. The lowest BCUT2D eigenvalue weighted by atomic mass is 10.2. The molecule has 140 valence electrons. The van der Waals surface area contributed by atoms with Gasteiger partial charge in [-0.15, -0.1) is 24.5 Å². The number of nitrogens with zero attached hydrogens (tertiary/aromatic N) is 1. The van der Waals surface area contributed by atoms with Gasteiger partial charge in [0.25, 0.3) is 5.56 Å². The van der Waals surface area contributed by atoms with E-state index in [1.807, 2.05) is 0 Å². The Labute approximate surface area is 154 Å². The highest BCUT2D eigenvalue weighted by Gasteiger charge is 2.30. The summed E-state index contributed by atoms with van der Waals surface area (Å²) >= 11 is 1.09. The Morgan fingerprint density at radius 3 is 2.52 bits per heavy atom. The maximum Gasteiger partial charge on any atom is 0.573 e. The number of carbonyl (C=O) groups excluding carboxylic acids is 1. The van der Waals surface area contributed by atoms with Gasteiger partial charge in [0.05, 0.1) is 10.8 Å². The van der Waals surface area contributed by atoms with Crippen LogP contribution in [-0.2, 0) is 7.05 Å². The third-order valence-electron chi connectivity index (χ3n) is 3.49. The SMILES string of the molecule is Cn1c(=O)/c(=C\c2ccc(OC(F)(F)F)cc2)s/c1=C\C(=O)c1ccco1. The van der Waals surface area contributed by atoms with Crippen molar-refractivity contribution in [2.45, 2.75) is 6.36 Å². The van der Waals surface area contributed by atoms with E-state index in [2.05, 4.69) is 4.74 Å². The average Bonchev–Trinajstić information content (AvgIpc) is 3.21. The zero-order valence-electron chi connectivity index (χ0n) is 13.8. The standard InChI is InChI=1S/C18H12F3NO4S/c1-22-16(10-13(23)14-3-2-8-25-14)27-15(17(22)24)9-11-4-6-12(7-5-11)26-18(19,20)21/h2-10H,1H3/b15-9+,16-10-. The highest BCUT2D eigenvalue weighted by Crippen LogP contribution is 2.22. The Bertz CT molecular complexity index is 1120. The zero-order valence-corrected chi connectivity index (χ0v) is 14.6. The van der Waals surface area contributed by atoms with Gasteiger partial charge in [-0.25, -0.2) is 0 Å². The Kier molecular flexibility index (Phi) is 5.04. The van der Waals surface area contributed by atoms with Gasteiger partial charge in [-0.3, -0.25) is 9.59 Å². The van der Waals surface area contributed by atoms with Crippen molar-refractivity contribution in [3.8, 4) is 5.75 Å². The van der Waals surface area contributed by atoms with Crippen molar-refractivity contribution in [2.75, 3.05) is 0 Å². The Hall–Kier alpha value is -3.07. The van der Waals surface area contributed by atoms with E-state index >= 15 is 0 Å². The van der Waals surface area contributed by atoms with Crippen molar-refractivity contribution in [1.82, 2.24) is 4.57 Å². The lowest BCUT2D eigenvalue weighted by Crippen LogP contribution is -2.29. The zero-order chi connectivity index (χ0) is 19.6. The predicted octanol–water partition coefficient (Wildman–Crippen LogP) is 2.43. The van der Waals surface area contributed by atoms with Gasteiger partial charge in [-0.05, 0) is 35.9 Å². The van der Waals surface area contributed by atoms with Crippen LogP contribution in [0.5, 0.6) is 5.75 Å². The van der Waals surface area contributed by atoms with E-state index in [0.717, 1.165) is 23.5 Å². The fourth-order valence-electron chi connectivity index (χ4n) is 2.23. The molecule has 0 bridgehead atoms. The van der Waals surface area contributed by atoms with E-state index in [4.69, 9.17) is 4.42 Å². The minimum atomic E-state index is -4.76. The molecular formula is C18H12F3NO4S. The number of furan rings is 1. The van der Waals surface area contributed by atoms with Gasteiger partial charge in [0, 0.05) is 13.1 Å². The normalized spacial score (nSPS) is 13.2. The summed E-state index contributed by atoms with van der Waals surface area (Å²) in [4.78, 5) is 24.4. The first-order valence-electron chi connectivity index (χ1n) is 7.56. The Morgan fingerprint density at radius 1 is 1.22 bits per heavy atom. The molecule has 0 aliphatic heterocycles. The molecule has 0 unspecified atom stereocenters. The van der Waals surface area contributed by atoms with Gasteiger partial charge < -0.3 is 13.7 Å². The Morgan fingerprint density at radius 2 is 1.93 bits per heavy atom. The summed E-state index contributed by atoms with van der Waals surface area (Å²) < 4.78 is 47.5. The molecule has 2 heterocycles. The van der Waals surface area contributed by atoms with E-state index in [9.17, 15) is 22.8 Å². The summed E-state index contributed by atoms with van der Waals surface area (Å²) in [5.74, 6) is -0.574. The van der Waals surface area contributed by atoms with E-state index in [-0.39, 0.29) is 22.9 Å². The second-order valence-corrected chi connectivity index (χ2v) is 6.48. The van der Waals surface area contributed by atoms with Gasteiger partial charge >= 0.3 is 6.36 Å². The van der Waals surface area contributed by atoms with Gasteiger partial charge in [-0.2, -0.15) is 0 Å². The number of ketones is 1. The minimum Gasteiger partial charge on any atom is -0.461 e. The van der Waals surface area contributed by atoms with Crippen molar-refractivity contribution < 1.29 is 27.1 Å². The molecule has 3 rings (SSSR count). The van der Waals surface area contributed by atoms with Crippen LogP contribution in [0.4, 0.5) is 13.2 Å². The summed E-state index contributed by atoms with van der Waals surface area (Å²) in [5.41, 5.74) is 0.196. The molecule has 0 radical (unpaired) electrons. The number of carbonyl (C=O) groups is 1. The number of halogens is 3. The van der Waals surface area contributed by atoms with E-state index in [0.29, 0.717) is 14.8 Å². The van der Waals surface area contributed by atoms with Crippen LogP contribution < -0.4 is 19.5 Å². The van der Waals surface area contributed by atoms with E-state index in [1.54, 1.807) is 6.07 Å². The molecule has 0 atom stereocenters. The van der Waals surface area contributed by atoms with Gasteiger partial charge in [0.1, 0.15) is 10.4 Å². The smallest absolute Gasteiger partial charge is 0.461 e. The lowest BCUT2D eigenvalue weighted by Gasteiger charge is -2.08. The molecule has 0 N–H and O–H groups in total. The number of benzene rings is 1. The fourth-order valence-corrected chi connectivity index (χ4v) is 3.26. The number of hydrogen-bond acceptors (Lipinski definition) is 5. The highest BCUT2D eigenvalue weighted by atomic mass is 32.1. The molecule has 0 spiro atoms. The molecule has 2 aromatic heterocycles. The third-order valence-corrected chi connectivity index (χ3v) is 4.60. The molecule has 0 saturated carbocycles. The molecular weight excluding hydrogens is 383 g/mol. The maximum absolute atomic E-state index is 12.3. The fraction of sp³-hybridized carbons (Fsp3) is 0.111. The molecule has 0 aliphatic carbocycles. The van der Waals surface area contributed by atoms with E-state index in [1.165, 1.54) is 48.2 Å². The largest absolute Gasteiger partial charge is 0.573 e. The molecule has 0 saturated heterocycles. The van der Waals surface area contributed by atoms with Gasteiger partial charge in [0.15, 0.2) is 5.76 Å². The number of thiazole rings is 1. The van der Waals surface area contributed by atoms with Crippen LogP contribution in [0.25, 0.3) is 12.2 Å². The van der Waals surface area contributed by atoms with E-state index < -0.39 is 6.36 Å². The average molecular weight is 395 g/mol. The number of ether oxygens (including phenoxy) is 1. The molecule has 0 fully saturated rings. The quantitative estimate of drug-likeness (QED) is 0.637. The maximum atomic E-state index is 12.3. The number of hydrogen-bond donors (Lipinski definition) is 0. The van der Waals surface area contributed by atoms with Crippen molar-refractivity contribution >= 4 is 29.3 Å². The molecule has 5 nitrogen and oxygen atoms in total. The summed E-state index contributed by atoms with van der Waals surface area (Å²) in [7, 11) is 1.53. The van der Waals surface area contributed by atoms with Crippen molar-refractivity contribution in [3.63, 3.8) is 0 Å². The minimum absolute atomic E-state index is 0.154. The molecule has 0 amide bonds. The summed E-state index contributed by atoms with van der Waals surface area (Å²) in [6, 6.07) is 8.22. The summed E-state index contributed by atoms with van der Waals surface area (Å²) in [6.07, 6.45) is -0.568. The summed E-state index contributed by atoms with van der Waals surface area (Å²) in [5, 5.41) is 0. The van der Waals surface area contributed by atoms with Crippen LogP contribution >= 0.6 is 11.3 Å². The topological polar surface area (TPSA) is 61.4 Å². The van der Waals surface area contributed by atoms with Crippen LogP contribution in [0.1, 0.15) is 16.1 Å². The molecule has 1 aromatic carbocycles. The van der Waals surface area contributed by atoms with Crippen molar-refractivity contribution in [2.24, 2.45) is 7.05 Å². The molecule has 9 heteroatoms. The first-order valence-corrected chi connectivity index (χ1v) is 8.37. The Balaban J connectivity index is 1.94. The number of aromatic nitrogens is 1. The molecule has 3 aromatic rings. The van der Waals surface area contributed by atoms with Crippen molar-refractivity contribution in [1.29, 1.82) is 0 Å². The summed E-state index contributed by atoms with van der Waals surface area (Å²) in [6.45, 7) is 0. The van der Waals surface area contributed by atoms with Crippen LogP contribution in [0, 0.1) is 0 Å². The van der Waals surface area contributed by atoms with Crippen LogP contribution in [0.2, 0.25) is 0 Å². The third kappa shape index (κ3) is 4.56. The van der Waals surface area contributed by atoms with Crippen LogP contribution in [0.15, 0.2) is 51.9 Å². The van der Waals surface area contributed by atoms with Crippen LogP contribution in [0.3, 0.4) is 0 Å². The first kappa shape index (κ1) is 18.7. The predicted molar refractivity (Wildman–Crippen MR) is 93.0 cm³/mol. The second kappa shape index (κ2) is 7.28. The monoisotopic (exact) mass is 395 g/mol. The molecule has 0 aliphatic rings. The van der Waals surface area contributed by atoms with Crippen molar-refractivity contribution in [3.05, 3.63) is 73.5 Å². The first-order chi connectivity index (χ1) is 12.7. The highest BCUT2D eigenvalue weighted by molar-refractivity contribution is 7.07. The number of rotatable bonds is 4. The second-order valence-electron chi connectivity index (χ2n) is 5.42. The van der Waals surface area contributed by atoms with Gasteiger partial charge in [-0.1, -0.05) is 12.1 Å². The van der Waals surface area contributed by atoms with Gasteiger partial charge in [0.2, 0.25) is 5.78 Å². The number of Topliss-reactive ketones (excluding diaryl/α,β-unsaturated/α-hetero) is 1. The lowest BCUT2D eigenvalue weighted by molar-refractivity contribution is -0.274. The number of alkyl halides is 3. The van der Waals surface area contributed by atoms with Crippen LogP contribution in [-0.4, -0.2) is 16.7 Å².